The molecule has 1 aliphatic rings. The molecule has 19 heavy (non-hydrogen) atoms. The first-order chi connectivity index (χ1) is 9.22. The Morgan fingerprint density at radius 1 is 1.47 bits per heavy atom. The second-order valence-corrected chi connectivity index (χ2v) is 4.62. The van der Waals surface area contributed by atoms with E-state index in [9.17, 15) is 4.79 Å². The van der Waals surface area contributed by atoms with Crippen molar-refractivity contribution < 1.29 is 14.3 Å². The quantitative estimate of drug-likeness (QED) is 0.821. The molecule has 5 heteroatoms. The van der Waals surface area contributed by atoms with Crippen molar-refractivity contribution in [1.29, 1.82) is 0 Å². The largest absolute Gasteiger partial charge is 0.497 e. The van der Waals surface area contributed by atoms with Crippen LogP contribution in [0.4, 0.5) is 0 Å². The molecule has 2 unspecified atom stereocenters. The molecular formula is C14H20N2O3. The van der Waals surface area contributed by atoms with Gasteiger partial charge in [0.25, 0.3) is 0 Å². The number of rotatable bonds is 5. The maximum atomic E-state index is 12.0. The Labute approximate surface area is 113 Å². The molecule has 0 bridgehead atoms. The number of methoxy groups -OCH3 is 2. The molecule has 2 rings (SSSR count). The highest BCUT2D eigenvalue weighted by Gasteiger charge is 2.28. The van der Waals surface area contributed by atoms with Gasteiger partial charge in [-0.05, 0) is 24.1 Å². The van der Waals surface area contributed by atoms with Crippen LogP contribution in [0.5, 0.6) is 5.75 Å². The fraction of sp³-hybridized carbons (Fsp3) is 0.500. The fourth-order valence-corrected chi connectivity index (χ4v) is 2.18. The molecule has 1 aliphatic heterocycles. The van der Waals surface area contributed by atoms with Gasteiger partial charge in [-0.3, -0.25) is 4.79 Å². The van der Waals surface area contributed by atoms with Gasteiger partial charge in [-0.1, -0.05) is 12.1 Å². The normalized spacial score (nSPS) is 22.2. The molecule has 0 aromatic heterocycles. The standard InChI is InChI=1S/C14H20N2O3/c1-18-11-5-3-4-10(6-11)8-16-14(17)13-7-12(19-2)9-15-13/h3-6,12-13,15H,7-9H2,1-2H3,(H,16,17). The lowest BCUT2D eigenvalue weighted by molar-refractivity contribution is -0.123. The van der Waals surface area contributed by atoms with E-state index in [1.54, 1.807) is 14.2 Å². The minimum Gasteiger partial charge on any atom is -0.497 e. The van der Waals surface area contributed by atoms with Crippen LogP contribution in [0.15, 0.2) is 24.3 Å². The molecule has 2 atom stereocenters. The third-order valence-electron chi connectivity index (χ3n) is 3.34. The van der Waals surface area contributed by atoms with Crippen molar-refractivity contribution in [3.8, 4) is 5.75 Å². The first-order valence-electron chi connectivity index (χ1n) is 6.39. The van der Waals surface area contributed by atoms with E-state index in [4.69, 9.17) is 9.47 Å². The maximum absolute atomic E-state index is 12.0. The van der Waals surface area contributed by atoms with Gasteiger partial charge in [0.05, 0.1) is 19.3 Å². The number of ether oxygens (including phenoxy) is 2. The summed E-state index contributed by atoms with van der Waals surface area (Å²) in [6, 6.07) is 7.52. The van der Waals surface area contributed by atoms with Gasteiger partial charge in [0, 0.05) is 20.2 Å². The molecule has 0 saturated carbocycles. The molecular weight excluding hydrogens is 244 g/mol. The lowest BCUT2D eigenvalue weighted by atomic mass is 10.1. The average molecular weight is 264 g/mol. The summed E-state index contributed by atoms with van der Waals surface area (Å²) in [6.45, 7) is 1.24. The molecule has 1 heterocycles. The Morgan fingerprint density at radius 2 is 2.32 bits per heavy atom. The SMILES string of the molecule is COc1cccc(CNC(=O)C2CC(OC)CN2)c1. The highest BCUT2D eigenvalue weighted by molar-refractivity contribution is 5.82. The van der Waals surface area contributed by atoms with Crippen LogP contribution in [0.2, 0.25) is 0 Å². The van der Waals surface area contributed by atoms with Crippen LogP contribution in [0.1, 0.15) is 12.0 Å². The minimum absolute atomic E-state index is 0.0161. The highest BCUT2D eigenvalue weighted by atomic mass is 16.5. The summed E-state index contributed by atoms with van der Waals surface area (Å²) in [5.41, 5.74) is 1.02. The zero-order chi connectivity index (χ0) is 13.7. The van der Waals surface area contributed by atoms with Crippen molar-refractivity contribution in [1.82, 2.24) is 10.6 Å². The Morgan fingerprint density at radius 3 is 3.00 bits per heavy atom. The van der Waals surface area contributed by atoms with E-state index in [2.05, 4.69) is 10.6 Å². The molecule has 0 spiro atoms. The molecule has 1 saturated heterocycles. The molecule has 1 amide bonds. The van der Waals surface area contributed by atoms with Crippen LogP contribution < -0.4 is 15.4 Å². The molecule has 5 nitrogen and oxygen atoms in total. The number of benzene rings is 1. The van der Waals surface area contributed by atoms with E-state index in [1.807, 2.05) is 24.3 Å². The van der Waals surface area contributed by atoms with Gasteiger partial charge in [-0.25, -0.2) is 0 Å². The monoisotopic (exact) mass is 264 g/mol. The van der Waals surface area contributed by atoms with Gasteiger partial charge in [0.2, 0.25) is 5.91 Å². The summed E-state index contributed by atoms with van der Waals surface area (Å²) in [4.78, 5) is 12.0. The molecule has 104 valence electrons. The number of hydrogen-bond acceptors (Lipinski definition) is 4. The van der Waals surface area contributed by atoms with Gasteiger partial charge in [-0.15, -0.1) is 0 Å². The third kappa shape index (κ3) is 3.68. The zero-order valence-electron chi connectivity index (χ0n) is 11.3. The van der Waals surface area contributed by atoms with Gasteiger partial charge < -0.3 is 20.1 Å². The summed E-state index contributed by atoms with van der Waals surface area (Å²) < 4.78 is 10.4. The van der Waals surface area contributed by atoms with Gasteiger partial charge in [0.1, 0.15) is 5.75 Å². The predicted molar refractivity (Wildman–Crippen MR) is 72.0 cm³/mol. The van der Waals surface area contributed by atoms with E-state index < -0.39 is 0 Å². The fourth-order valence-electron chi connectivity index (χ4n) is 2.18. The minimum atomic E-state index is -0.157. The van der Waals surface area contributed by atoms with Crippen LogP contribution >= 0.6 is 0 Å². The molecule has 0 aliphatic carbocycles. The summed E-state index contributed by atoms with van der Waals surface area (Å²) in [5, 5.41) is 6.08. The third-order valence-corrected chi connectivity index (χ3v) is 3.34. The molecule has 1 fully saturated rings. The first kappa shape index (κ1) is 13.8. The van der Waals surface area contributed by atoms with Crippen molar-refractivity contribution >= 4 is 5.91 Å². The number of carbonyl (C=O) groups excluding carboxylic acids is 1. The Bertz CT molecular complexity index is 436. The van der Waals surface area contributed by atoms with Crippen LogP contribution in [0, 0.1) is 0 Å². The van der Waals surface area contributed by atoms with Crippen molar-refractivity contribution in [2.75, 3.05) is 20.8 Å². The van der Waals surface area contributed by atoms with Gasteiger partial charge >= 0.3 is 0 Å². The Kier molecular flexibility index (Phi) is 4.76. The van der Waals surface area contributed by atoms with Crippen LogP contribution in [-0.2, 0) is 16.1 Å². The molecule has 0 radical (unpaired) electrons. The lowest BCUT2D eigenvalue weighted by Gasteiger charge is -2.11. The topological polar surface area (TPSA) is 59.6 Å². The highest BCUT2D eigenvalue weighted by Crippen LogP contribution is 2.13. The summed E-state index contributed by atoms with van der Waals surface area (Å²) in [6.07, 6.45) is 0.855. The van der Waals surface area contributed by atoms with Gasteiger partial charge in [-0.2, -0.15) is 0 Å². The van der Waals surface area contributed by atoms with Crippen LogP contribution in [-0.4, -0.2) is 38.8 Å². The summed E-state index contributed by atoms with van der Waals surface area (Å²) >= 11 is 0. The molecule has 1 aromatic carbocycles. The molecule has 2 N–H and O–H groups in total. The number of carbonyl (C=O) groups is 1. The summed E-state index contributed by atoms with van der Waals surface area (Å²) in [7, 11) is 3.30. The van der Waals surface area contributed by atoms with E-state index in [-0.39, 0.29) is 18.1 Å². The Hall–Kier alpha value is -1.59. The smallest absolute Gasteiger partial charge is 0.237 e. The van der Waals surface area contributed by atoms with Crippen molar-refractivity contribution in [2.45, 2.75) is 25.1 Å². The van der Waals surface area contributed by atoms with Crippen molar-refractivity contribution in [2.24, 2.45) is 0 Å². The summed E-state index contributed by atoms with van der Waals surface area (Å²) in [5.74, 6) is 0.813. The molecule has 1 aromatic rings. The van der Waals surface area contributed by atoms with E-state index in [0.717, 1.165) is 24.3 Å². The second-order valence-electron chi connectivity index (χ2n) is 4.62. The van der Waals surface area contributed by atoms with Gasteiger partial charge in [0.15, 0.2) is 0 Å². The number of nitrogens with one attached hydrogen (secondary N) is 2. The van der Waals surface area contributed by atoms with Crippen LogP contribution in [0.25, 0.3) is 0 Å². The van der Waals surface area contributed by atoms with E-state index >= 15 is 0 Å². The van der Waals surface area contributed by atoms with E-state index in [0.29, 0.717) is 6.54 Å². The maximum Gasteiger partial charge on any atom is 0.237 e. The van der Waals surface area contributed by atoms with Crippen molar-refractivity contribution in [3.63, 3.8) is 0 Å². The number of amides is 1. The van der Waals surface area contributed by atoms with E-state index in [1.165, 1.54) is 0 Å². The first-order valence-corrected chi connectivity index (χ1v) is 6.39. The van der Waals surface area contributed by atoms with Crippen molar-refractivity contribution in [3.05, 3.63) is 29.8 Å². The van der Waals surface area contributed by atoms with Crippen LogP contribution in [0.3, 0.4) is 0 Å². The zero-order valence-corrected chi connectivity index (χ0v) is 11.3. The number of hydrogen-bond donors (Lipinski definition) is 2. The lowest BCUT2D eigenvalue weighted by Crippen LogP contribution is -2.39. The average Bonchev–Trinajstić information content (AvgIpc) is 2.94. The Balaban J connectivity index is 1.83. The second kappa shape index (κ2) is 6.54. The predicted octanol–water partition coefficient (Wildman–Crippen LogP) is 0.688.